The van der Waals surface area contributed by atoms with Crippen LogP contribution in [-0.4, -0.2) is 49.1 Å². The lowest BCUT2D eigenvalue weighted by Gasteiger charge is -2.30. The Morgan fingerprint density at radius 2 is 1.96 bits per heavy atom. The Morgan fingerprint density at radius 3 is 2.71 bits per heavy atom. The van der Waals surface area contributed by atoms with Gasteiger partial charge in [0.1, 0.15) is 0 Å². The van der Waals surface area contributed by atoms with E-state index in [1.165, 1.54) is 11.1 Å². The van der Waals surface area contributed by atoms with Gasteiger partial charge in [0, 0.05) is 26.3 Å². The van der Waals surface area contributed by atoms with Crippen LogP contribution < -0.4 is 11.1 Å². The van der Waals surface area contributed by atoms with Gasteiger partial charge >= 0.3 is 0 Å². The molecule has 24 heavy (non-hydrogen) atoms. The molecule has 0 radical (unpaired) electrons. The van der Waals surface area contributed by atoms with E-state index in [0.29, 0.717) is 26.3 Å². The van der Waals surface area contributed by atoms with Gasteiger partial charge in [0.25, 0.3) is 0 Å². The third kappa shape index (κ3) is 3.94. The second-order valence-electron chi connectivity index (χ2n) is 6.53. The highest BCUT2D eigenvalue weighted by molar-refractivity contribution is 5.87. The molecule has 3 rings (SSSR count). The monoisotopic (exact) mass is 331 g/mol. The van der Waals surface area contributed by atoms with Gasteiger partial charge in [-0.25, -0.2) is 0 Å². The quantitative estimate of drug-likeness (QED) is 0.838. The van der Waals surface area contributed by atoms with Crippen molar-refractivity contribution in [3.8, 4) is 0 Å². The fourth-order valence-corrected chi connectivity index (χ4v) is 3.39. The largest absolute Gasteiger partial charge is 0.381 e. The van der Waals surface area contributed by atoms with Crippen LogP contribution in [0, 0.1) is 5.92 Å². The van der Waals surface area contributed by atoms with Gasteiger partial charge in [0.05, 0.1) is 12.6 Å². The number of hydrogen-bond acceptors (Lipinski definition) is 4. The van der Waals surface area contributed by atoms with E-state index in [1.54, 1.807) is 4.90 Å². The summed E-state index contributed by atoms with van der Waals surface area (Å²) in [5, 5.41) is 2.70. The SMILES string of the molecule is NC(C(=O)NCC(=O)N1CCc2ccccc2C1)C1CCOCC1. The van der Waals surface area contributed by atoms with Crippen LogP contribution in [0.3, 0.4) is 0 Å². The first kappa shape index (κ1) is 16.9. The summed E-state index contributed by atoms with van der Waals surface area (Å²) in [6.45, 7) is 2.61. The van der Waals surface area contributed by atoms with Crippen LogP contribution in [0.25, 0.3) is 0 Å². The highest BCUT2D eigenvalue weighted by Crippen LogP contribution is 2.19. The Balaban J connectivity index is 1.48. The van der Waals surface area contributed by atoms with Crippen molar-refractivity contribution in [3.05, 3.63) is 35.4 Å². The van der Waals surface area contributed by atoms with E-state index in [9.17, 15) is 9.59 Å². The van der Waals surface area contributed by atoms with Crippen molar-refractivity contribution in [1.29, 1.82) is 0 Å². The number of fused-ring (bicyclic) bond motifs is 1. The second kappa shape index (κ2) is 7.77. The summed E-state index contributed by atoms with van der Waals surface area (Å²) >= 11 is 0. The second-order valence-corrected chi connectivity index (χ2v) is 6.53. The number of amides is 2. The molecule has 1 unspecified atom stereocenters. The molecular weight excluding hydrogens is 306 g/mol. The average molecular weight is 331 g/mol. The van der Waals surface area contributed by atoms with Crippen LogP contribution in [0.15, 0.2) is 24.3 Å². The van der Waals surface area contributed by atoms with Crippen LogP contribution in [0.4, 0.5) is 0 Å². The normalized spacial score (nSPS) is 19.5. The molecule has 1 aromatic rings. The molecule has 1 saturated heterocycles. The molecule has 1 aromatic carbocycles. The summed E-state index contributed by atoms with van der Waals surface area (Å²) in [5.41, 5.74) is 8.51. The van der Waals surface area contributed by atoms with Crippen LogP contribution in [-0.2, 0) is 27.3 Å². The number of nitrogens with zero attached hydrogens (tertiary/aromatic N) is 1. The third-order valence-electron chi connectivity index (χ3n) is 4.97. The lowest BCUT2D eigenvalue weighted by molar-refractivity contribution is -0.134. The zero-order valence-corrected chi connectivity index (χ0v) is 13.9. The van der Waals surface area contributed by atoms with Gasteiger partial charge in [-0.1, -0.05) is 24.3 Å². The molecule has 1 fully saturated rings. The van der Waals surface area contributed by atoms with Crippen molar-refractivity contribution in [2.45, 2.75) is 31.8 Å². The molecule has 0 spiro atoms. The number of hydrogen-bond donors (Lipinski definition) is 2. The van der Waals surface area contributed by atoms with Crippen molar-refractivity contribution in [2.24, 2.45) is 11.7 Å². The zero-order valence-electron chi connectivity index (χ0n) is 13.9. The minimum atomic E-state index is -0.566. The summed E-state index contributed by atoms with van der Waals surface area (Å²) < 4.78 is 5.29. The van der Waals surface area contributed by atoms with Gasteiger partial charge in [0.2, 0.25) is 11.8 Å². The summed E-state index contributed by atoms with van der Waals surface area (Å²) in [6.07, 6.45) is 2.45. The Labute approximate surface area is 142 Å². The van der Waals surface area contributed by atoms with E-state index in [0.717, 1.165) is 19.3 Å². The molecular formula is C18H25N3O3. The molecule has 0 bridgehead atoms. The number of nitrogens with two attached hydrogens (primary N) is 1. The number of carbonyl (C=O) groups is 2. The topological polar surface area (TPSA) is 84.7 Å². The predicted molar refractivity (Wildman–Crippen MR) is 90.1 cm³/mol. The molecule has 0 aromatic heterocycles. The number of benzene rings is 1. The van der Waals surface area contributed by atoms with Gasteiger partial charge in [-0.05, 0) is 36.3 Å². The smallest absolute Gasteiger partial charge is 0.242 e. The fraction of sp³-hybridized carbons (Fsp3) is 0.556. The van der Waals surface area contributed by atoms with E-state index >= 15 is 0 Å². The van der Waals surface area contributed by atoms with Gasteiger partial charge in [-0.3, -0.25) is 9.59 Å². The minimum Gasteiger partial charge on any atom is -0.381 e. The number of nitrogens with one attached hydrogen (secondary N) is 1. The van der Waals surface area contributed by atoms with Crippen molar-refractivity contribution in [3.63, 3.8) is 0 Å². The van der Waals surface area contributed by atoms with Crippen LogP contribution in [0.5, 0.6) is 0 Å². The van der Waals surface area contributed by atoms with E-state index in [-0.39, 0.29) is 24.3 Å². The first-order valence-corrected chi connectivity index (χ1v) is 8.61. The Kier molecular flexibility index (Phi) is 5.48. The van der Waals surface area contributed by atoms with Crippen LogP contribution >= 0.6 is 0 Å². The maximum Gasteiger partial charge on any atom is 0.242 e. The Bertz CT molecular complexity index is 599. The van der Waals surface area contributed by atoms with Gasteiger partial charge in [-0.15, -0.1) is 0 Å². The molecule has 1 atom stereocenters. The van der Waals surface area contributed by atoms with Crippen LogP contribution in [0.1, 0.15) is 24.0 Å². The summed E-state index contributed by atoms with van der Waals surface area (Å²) in [7, 11) is 0. The van der Waals surface area contributed by atoms with E-state index in [1.807, 2.05) is 12.1 Å². The minimum absolute atomic E-state index is 0.0118. The fourth-order valence-electron chi connectivity index (χ4n) is 3.39. The van der Waals surface area contributed by atoms with Gasteiger partial charge < -0.3 is 20.7 Å². The molecule has 2 amide bonds. The first-order chi connectivity index (χ1) is 11.6. The lowest BCUT2D eigenvalue weighted by atomic mass is 9.92. The molecule has 2 aliphatic rings. The third-order valence-corrected chi connectivity index (χ3v) is 4.97. The number of ether oxygens (including phenoxy) is 1. The Hall–Kier alpha value is -1.92. The van der Waals surface area contributed by atoms with Crippen molar-refractivity contribution >= 4 is 11.8 Å². The van der Waals surface area contributed by atoms with Crippen molar-refractivity contribution < 1.29 is 14.3 Å². The maximum atomic E-state index is 12.4. The van der Waals surface area contributed by atoms with E-state index in [4.69, 9.17) is 10.5 Å². The molecule has 2 heterocycles. The molecule has 6 nitrogen and oxygen atoms in total. The highest BCUT2D eigenvalue weighted by Gasteiger charge is 2.27. The molecule has 6 heteroatoms. The predicted octanol–water partition coefficient (Wildman–Crippen LogP) is 0.441. The molecule has 0 aliphatic carbocycles. The molecule has 3 N–H and O–H groups in total. The highest BCUT2D eigenvalue weighted by atomic mass is 16.5. The van der Waals surface area contributed by atoms with Crippen molar-refractivity contribution in [2.75, 3.05) is 26.3 Å². The maximum absolute atomic E-state index is 12.4. The summed E-state index contributed by atoms with van der Waals surface area (Å²) in [4.78, 5) is 26.3. The van der Waals surface area contributed by atoms with E-state index in [2.05, 4.69) is 17.4 Å². The van der Waals surface area contributed by atoms with Crippen LogP contribution in [0.2, 0.25) is 0 Å². The average Bonchev–Trinajstić information content (AvgIpc) is 2.65. The lowest BCUT2D eigenvalue weighted by Crippen LogP contribution is -2.50. The summed E-state index contributed by atoms with van der Waals surface area (Å²) in [5.74, 6) is -0.166. The number of rotatable bonds is 4. The van der Waals surface area contributed by atoms with Gasteiger partial charge in [-0.2, -0.15) is 0 Å². The molecule has 130 valence electrons. The standard InChI is InChI=1S/C18H25N3O3/c19-17(14-6-9-24-10-7-14)18(23)20-11-16(22)21-8-5-13-3-1-2-4-15(13)12-21/h1-4,14,17H,5-12,19H2,(H,20,23). The van der Waals surface area contributed by atoms with Gasteiger partial charge in [0.15, 0.2) is 0 Å². The van der Waals surface area contributed by atoms with Crippen molar-refractivity contribution in [1.82, 2.24) is 10.2 Å². The molecule has 2 aliphatic heterocycles. The first-order valence-electron chi connectivity index (χ1n) is 8.61. The molecule has 0 saturated carbocycles. The summed E-state index contributed by atoms with van der Waals surface area (Å²) in [6, 6.07) is 7.60. The Morgan fingerprint density at radius 1 is 1.25 bits per heavy atom. The number of carbonyl (C=O) groups excluding carboxylic acids is 2. The zero-order chi connectivity index (χ0) is 16.9. The van der Waals surface area contributed by atoms with E-state index < -0.39 is 6.04 Å².